The van der Waals surface area contributed by atoms with E-state index in [1.165, 1.54) is 4.68 Å². The number of carbonyl (C=O) groups is 1. The highest BCUT2D eigenvalue weighted by molar-refractivity contribution is 9.10. The smallest absolute Gasteiger partial charge is 0.305 e. The van der Waals surface area contributed by atoms with Crippen molar-refractivity contribution in [1.82, 2.24) is 25.2 Å². The van der Waals surface area contributed by atoms with Gasteiger partial charge >= 0.3 is 5.97 Å². The second-order valence-corrected chi connectivity index (χ2v) is 4.88. The minimum atomic E-state index is -0.878. The minimum Gasteiger partial charge on any atom is -0.481 e. The Bertz CT molecular complexity index is 569. The fourth-order valence-corrected chi connectivity index (χ4v) is 1.96. The van der Waals surface area contributed by atoms with E-state index < -0.39 is 5.97 Å². The number of pyridine rings is 1. The van der Waals surface area contributed by atoms with Crippen molar-refractivity contribution in [3.05, 3.63) is 22.8 Å². The first-order valence-corrected chi connectivity index (χ1v) is 6.52. The molecule has 2 rings (SSSR count). The molecule has 0 saturated carbocycles. The zero-order chi connectivity index (χ0) is 13.8. The fraction of sp³-hybridized carbons (Fsp3) is 0.364. The summed E-state index contributed by atoms with van der Waals surface area (Å²) in [5.74, 6) is -0.405. The zero-order valence-electron chi connectivity index (χ0n) is 10.2. The molecule has 0 aliphatic rings. The SMILES string of the molecule is CCC(CC(=O)O)n1nnnc1-c1ccc(Br)cn1. The van der Waals surface area contributed by atoms with Gasteiger partial charge in [0.1, 0.15) is 5.69 Å². The summed E-state index contributed by atoms with van der Waals surface area (Å²) in [6.45, 7) is 1.90. The van der Waals surface area contributed by atoms with Crippen molar-refractivity contribution in [3.63, 3.8) is 0 Å². The van der Waals surface area contributed by atoms with E-state index >= 15 is 0 Å². The summed E-state index contributed by atoms with van der Waals surface area (Å²) in [5.41, 5.74) is 0.608. The Balaban J connectivity index is 2.35. The number of aliphatic carboxylic acids is 1. The molecule has 1 unspecified atom stereocenters. The van der Waals surface area contributed by atoms with Gasteiger partial charge in [-0.3, -0.25) is 9.78 Å². The van der Waals surface area contributed by atoms with Crippen LogP contribution in [0.15, 0.2) is 22.8 Å². The lowest BCUT2D eigenvalue weighted by Gasteiger charge is -2.13. The Labute approximate surface area is 117 Å². The summed E-state index contributed by atoms with van der Waals surface area (Å²) < 4.78 is 2.37. The lowest BCUT2D eigenvalue weighted by Crippen LogP contribution is -2.16. The maximum Gasteiger partial charge on any atom is 0.305 e. The van der Waals surface area contributed by atoms with Crippen molar-refractivity contribution in [2.24, 2.45) is 0 Å². The molecule has 2 heterocycles. The first kappa shape index (κ1) is 13.6. The summed E-state index contributed by atoms with van der Waals surface area (Å²) >= 11 is 3.30. The second-order valence-electron chi connectivity index (χ2n) is 3.97. The normalized spacial score (nSPS) is 12.3. The first-order valence-electron chi connectivity index (χ1n) is 5.73. The third-order valence-electron chi connectivity index (χ3n) is 2.68. The summed E-state index contributed by atoms with van der Waals surface area (Å²) in [7, 11) is 0. The van der Waals surface area contributed by atoms with Crippen LogP contribution in [0.4, 0.5) is 0 Å². The Morgan fingerprint density at radius 3 is 2.89 bits per heavy atom. The predicted molar refractivity (Wildman–Crippen MR) is 70.3 cm³/mol. The molecule has 0 bridgehead atoms. The molecule has 0 spiro atoms. The third kappa shape index (κ3) is 3.14. The van der Waals surface area contributed by atoms with Crippen molar-refractivity contribution in [2.45, 2.75) is 25.8 Å². The van der Waals surface area contributed by atoms with E-state index in [4.69, 9.17) is 5.11 Å². The topological polar surface area (TPSA) is 93.8 Å². The van der Waals surface area contributed by atoms with E-state index in [0.717, 1.165) is 4.47 Å². The molecule has 0 aromatic carbocycles. The van der Waals surface area contributed by atoms with Crippen LogP contribution >= 0.6 is 15.9 Å². The Morgan fingerprint density at radius 2 is 2.32 bits per heavy atom. The van der Waals surface area contributed by atoms with Crippen LogP contribution in [0.3, 0.4) is 0 Å². The number of hydrogen-bond donors (Lipinski definition) is 1. The molecule has 0 amide bonds. The zero-order valence-corrected chi connectivity index (χ0v) is 11.8. The highest BCUT2D eigenvalue weighted by Gasteiger charge is 2.20. The van der Waals surface area contributed by atoms with Gasteiger partial charge in [0.15, 0.2) is 0 Å². The molecule has 1 atom stereocenters. The fourth-order valence-electron chi connectivity index (χ4n) is 1.72. The summed E-state index contributed by atoms with van der Waals surface area (Å²) in [4.78, 5) is 15.1. The van der Waals surface area contributed by atoms with Crippen molar-refractivity contribution in [3.8, 4) is 11.5 Å². The molecule has 1 N–H and O–H groups in total. The van der Waals surface area contributed by atoms with E-state index in [2.05, 4.69) is 36.4 Å². The molecule has 2 aromatic rings. The monoisotopic (exact) mass is 325 g/mol. The number of tetrazole rings is 1. The molecular weight excluding hydrogens is 314 g/mol. The number of carboxylic acid groups (broad SMARTS) is 1. The van der Waals surface area contributed by atoms with Crippen molar-refractivity contribution < 1.29 is 9.90 Å². The van der Waals surface area contributed by atoms with Crippen molar-refractivity contribution in [2.75, 3.05) is 0 Å². The van der Waals surface area contributed by atoms with Gasteiger partial charge < -0.3 is 5.11 Å². The predicted octanol–water partition coefficient (Wildman–Crippen LogP) is 1.92. The maximum atomic E-state index is 10.9. The summed E-state index contributed by atoms with van der Waals surface area (Å²) in [5, 5.41) is 20.3. The van der Waals surface area contributed by atoms with Gasteiger partial charge in [-0.2, -0.15) is 0 Å². The number of hydrogen-bond acceptors (Lipinski definition) is 5. The van der Waals surface area contributed by atoms with Crippen LogP contribution in [-0.4, -0.2) is 36.3 Å². The number of halogens is 1. The van der Waals surface area contributed by atoms with Crippen LogP contribution in [-0.2, 0) is 4.79 Å². The van der Waals surface area contributed by atoms with Gasteiger partial charge in [0.25, 0.3) is 0 Å². The van der Waals surface area contributed by atoms with Crippen LogP contribution in [0.1, 0.15) is 25.8 Å². The first-order chi connectivity index (χ1) is 9.11. The highest BCUT2D eigenvalue weighted by Crippen LogP contribution is 2.22. The molecule has 100 valence electrons. The molecule has 0 saturated heterocycles. The van der Waals surface area contributed by atoms with Gasteiger partial charge in [-0.1, -0.05) is 6.92 Å². The van der Waals surface area contributed by atoms with Gasteiger partial charge in [0.05, 0.1) is 12.5 Å². The average Bonchev–Trinajstić information content (AvgIpc) is 2.85. The molecular formula is C11H12BrN5O2. The van der Waals surface area contributed by atoms with E-state index in [0.29, 0.717) is 17.9 Å². The van der Waals surface area contributed by atoms with Gasteiger partial charge in [-0.05, 0) is 44.9 Å². The number of nitrogens with zero attached hydrogens (tertiary/aromatic N) is 5. The van der Waals surface area contributed by atoms with Gasteiger partial charge in [-0.25, -0.2) is 4.68 Å². The second kappa shape index (κ2) is 5.87. The third-order valence-corrected chi connectivity index (χ3v) is 3.15. The van der Waals surface area contributed by atoms with E-state index in [1.54, 1.807) is 12.3 Å². The molecule has 0 radical (unpaired) electrons. The van der Waals surface area contributed by atoms with Crippen LogP contribution in [0.25, 0.3) is 11.5 Å². The quantitative estimate of drug-likeness (QED) is 0.902. The number of rotatable bonds is 5. The Morgan fingerprint density at radius 1 is 1.53 bits per heavy atom. The van der Waals surface area contributed by atoms with Gasteiger partial charge in [0.2, 0.25) is 5.82 Å². The summed E-state index contributed by atoms with van der Waals surface area (Å²) in [6, 6.07) is 3.33. The van der Waals surface area contributed by atoms with E-state index in [1.807, 2.05) is 13.0 Å². The van der Waals surface area contributed by atoms with Crippen molar-refractivity contribution in [1.29, 1.82) is 0 Å². The molecule has 8 heteroatoms. The van der Waals surface area contributed by atoms with Crippen molar-refractivity contribution >= 4 is 21.9 Å². The van der Waals surface area contributed by atoms with Gasteiger partial charge in [0, 0.05) is 10.7 Å². The van der Waals surface area contributed by atoms with Crippen LogP contribution in [0.2, 0.25) is 0 Å². The molecule has 2 aromatic heterocycles. The molecule has 19 heavy (non-hydrogen) atoms. The van der Waals surface area contributed by atoms with Crippen LogP contribution in [0, 0.1) is 0 Å². The lowest BCUT2D eigenvalue weighted by molar-refractivity contribution is -0.138. The summed E-state index contributed by atoms with van der Waals surface area (Å²) in [6.07, 6.45) is 2.25. The number of aromatic nitrogens is 5. The van der Waals surface area contributed by atoms with E-state index in [9.17, 15) is 4.79 Å². The highest BCUT2D eigenvalue weighted by atomic mass is 79.9. The molecule has 7 nitrogen and oxygen atoms in total. The maximum absolute atomic E-state index is 10.9. The lowest BCUT2D eigenvalue weighted by atomic mass is 10.1. The standard InChI is InChI=1S/C11H12BrN5O2/c1-2-8(5-10(18)19)17-11(14-15-16-17)9-4-3-7(12)6-13-9/h3-4,6,8H,2,5H2,1H3,(H,18,19). The molecule has 0 aliphatic heterocycles. The van der Waals surface area contributed by atoms with Gasteiger partial charge in [-0.15, -0.1) is 5.10 Å². The van der Waals surface area contributed by atoms with Crippen LogP contribution < -0.4 is 0 Å². The number of carboxylic acids is 1. The Hall–Kier alpha value is -1.83. The molecule has 0 aliphatic carbocycles. The average molecular weight is 326 g/mol. The molecule has 0 fully saturated rings. The van der Waals surface area contributed by atoms with Crippen LogP contribution in [0.5, 0.6) is 0 Å². The Kier molecular flexibility index (Phi) is 4.20. The largest absolute Gasteiger partial charge is 0.481 e. The van der Waals surface area contributed by atoms with E-state index in [-0.39, 0.29) is 12.5 Å². The minimum absolute atomic E-state index is 0.0227.